The minimum Gasteiger partial charge on any atom is -0.494 e. The summed E-state index contributed by atoms with van der Waals surface area (Å²) in [5.74, 6) is 3.72. The lowest BCUT2D eigenvalue weighted by molar-refractivity contribution is -0.127. The van der Waals surface area contributed by atoms with Crippen LogP contribution in [0.5, 0.6) is 5.75 Å². The Labute approximate surface area is 172 Å². The molecular weight excluding hydrogens is 394 g/mol. The molecule has 0 N–H and O–H groups in total. The maximum atomic E-state index is 12.3. The van der Waals surface area contributed by atoms with E-state index in [-0.39, 0.29) is 17.6 Å². The SMILES string of the molecule is C#CCn1c(=NC(=O)CSCC(=O)N2CCCC2)sc2cc(OCC)ccc21. The first-order chi connectivity index (χ1) is 13.6. The average Bonchev–Trinajstić information content (AvgIpc) is 3.31. The topological polar surface area (TPSA) is 63.9 Å². The number of likely N-dealkylation sites (tertiary alicyclic amines) is 1. The zero-order valence-electron chi connectivity index (χ0n) is 15.8. The van der Waals surface area contributed by atoms with Crippen molar-refractivity contribution in [3.05, 3.63) is 23.0 Å². The Morgan fingerprint density at radius 2 is 2.11 bits per heavy atom. The Hall–Kier alpha value is -2.24. The monoisotopic (exact) mass is 417 g/mol. The van der Waals surface area contributed by atoms with Crippen molar-refractivity contribution in [1.82, 2.24) is 9.47 Å². The molecule has 0 spiro atoms. The van der Waals surface area contributed by atoms with Crippen molar-refractivity contribution in [2.75, 3.05) is 31.2 Å². The van der Waals surface area contributed by atoms with Gasteiger partial charge in [-0.05, 0) is 38.0 Å². The summed E-state index contributed by atoms with van der Waals surface area (Å²) in [7, 11) is 0. The summed E-state index contributed by atoms with van der Waals surface area (Å²) in [6.07, 6.45) is 7.63. The van der Waals surface area contributed by atoms with Crippen molar-refractivity contribution >= 4 is 45.1 Å². The third kappa shape index (κ3) is 4.97. The van der Waals surface area contributed by atoms with Crippen LogP contribution in [0.1, 0.15) is 19.8 Å². The number of amides is 2. The number of terminal acetylenes is 1. The molecular formula is C20H23N3O3S2. The summed E-state index contributed by atoms with van der Waals surface area (Å²) in [4.78, 5) is 31.0. The first kappa shape index (κ1) is 20.5. The van der Waals surface area contributed by atoms with Gasteiger partial charge in [0.2, 0.25) is 5.91 Å². The molecule has 2 amide bonds. The molecule has 0 atom stereocenters. The van der Waals surface area contributed by atoms with Gasteiger partial charge in [-0.15, -0.1) is 18.2 Å². The molecule has 0 radical (unpaired) electrons. The van der Waals surface area contributed by atoms with Crippen molar-refractivity contribution in [3.8, 4) is 18.1 Å². The molecule has 0 aliphatic carbocycles. The number of thioether (sulfide) groups is 1. The van der Waals surface area contributed by atoms with Gasteiger partial charge in [-0.25, -0.2) is 0 Å². The lowest BCUT2D eigenvalue weighted by Gasteiger charge is -2.14. The lowest BCUT2D eigenvalue weighted by Crippen LogP contribution is -2.29. The van der Waals surface area contributed by atoms with E-state index in [0.717, 1.165) is 41.9 Å². The third-order valence-electron chi connectivity index (χ3n) is 4.34. The molecule has 1 fully saturated rings. The van der Waals surface area contributed by atoms with Gasteiger partial charge in [0.05, 0.1) is 34.9 Å². The Kier molecular flexibility index (Phi) is 7.18. The first-order valence-corrected chi connectivity index (χ1v) is 11.2. The van der Waals surface area contributed by atoms with E-state index in [9.17, 15) is 9.59 Å². The van der Waals surface area contributed by atoms with E-state index in [1.165, 1.54) is 23.1 Å². The predicted octanol–water partition coefficient (Wildman–Crippen LogP) is 2.52. The van der Waals surface area contributed by atoms with Gasteiger partial charge in [-0.3, -0.25) is 9.59 Å². The average molecular weight is 418 g/mol. The van der Waals surface area contributed by atoms with Gasteiger partial charge in [-0.2, -0.15) is 4.99 Å². The van der Waals surface area contributed by atoms with Crippen LogP contribution >= 0.6 is 23.1 Å². The molecule has 1 aliphatic rings. The molecule has 8 heteroatoms. The van der Waals surface area contributed by atoms with Crippen molar-refractivity contribution in [1.29, 1.82) is 0 Å². The molecule has 28 heavy (non-hydrogen) atoms. The van der Waals surface area contributed by atoms with E-state index >= 15 is 0 Å². The number of rotatable bonds is 7. The molecule has 0 bridgehead atoms. The normalized spacial score (nSPS) is 14.4. The Bertz CT molecular complexity index is 965. The quantitative estimate of drug-likeness (QED) is 0.650. The summed E-state index contributed by atoms with van der Waals surface area (Å²) in [6, 6.07) is 5.75. The van der Waals surface area contributed by atoms with Gasteiger partial charge in [0, 0.05) is 13.1 Å². The molecule has 2 aromatic rings. The van der Waals surface area contributed by atoms with E-state index < -0.39 is 0 Å². The summed E-state index contributed by atoms with van der Waals surface area (Å²) in [5, 5.41) is 0. The number of carbonyl (C=O) groups excluding carboxylic acids is 2. The van der Waals surface area contributed by atoms with Crippen molar-refractivity contribution in [2.24, 2.45) is 4.99 Å². The largest absolute Gasteiger partial charge is 0.494 e. The zero-order valence-corrected chi connectivity index (χ0v) is 17.5. The van der Waals surface area contributed by atoms with Gasteiger partial charge in [0.1, 0.15) is 5.75 Å². The van der Waals surface area contributed by atoms with E-state index in [2.05, 4.69) is 10.9 Å². The van der Waals surface area contributed by atoms with Crippen LogP contribution in [0.4, 0.5) is 0 Å². The maximum Gasteiger partial charge on any atom is 0.258 e. The molecule has 1 aromatic carbocycles. The number of aromatic nitrogens is 1. The lowest BCUT2D eigenvalue weighted by atomic mass is 10.3. The summed E-state index contributed by atoms with van der Waals surface area (Å²) >= 11 is 2.72. The van der Waals surface area contributed by atoms with Crippen LogP contribution in [0.3, 0.4) is 0 Å². The zero-order chi connectivity index (χ0) is 19.9. The van der Waals surface area contributed by atoms with Crippen molar-refractivity contribution in [2.45, 2.75) is 26.3 Å². The number of thiazole rings is 1. The summed E-state index contributed by atoms with van der Waals surface area (Å²) < 4.78 is 8.36. The Morgan fingerprint density at radius 3 is 2.82 bits per heavy atom. The molecule has 6 nitrogen and oxygen atoms in total. The van der Waals surface area contributed by atoms with Crippen LogP contribution in [0.2, 0.25) is 0 Å². The molecule has 1 saturated heterocycles. The maximum absolute atomic E-state index is 12.3. The van der Waals surface area contributed by atoms with Gasteiger partial charge >= 0.3 is 0 Å². The predicted molar refractivity (Wildman–Crippen MR) is 114 cm³/mol. The minimum atomic E-state index is -0.262. The number of hydrogen-bond acceptors (Lipinski definition) is 5. The number of fused-ring (bicyclic) bond motifs is 1. The second-order valence-electron chi connectivity index (χ2n) is 6.32. The first-order valence-electron chi connectivity index (χ1n) is 9.25. The van der Waals surface area contributed by atoms with Crippen molar-refractivity contribution in [3.63, 3.8) is 0 Å². The van der Waals surface area contributed by atoms with Crippen LogP contribution in [-0.2, 0) is 16.1 Å². The third-order valence-corrected chi connectivity index (χ3v) is 6.29. The Balaban J connectivity index is 1.72. The van der Waals surface area contributed by atoms with Gasteiger partial charge in [-0.1, -0.05) is 17.3 Å². The molecule has 2 heterocycles. The molecule has 3 rings (SSSR count). The second-order valence-corrected chi connectivity index (χ2v) is 8.32. The van der Waals surface area contributed by atoms with Gasteiger partial charge in [0.15, 0.2) is 4.80 Å². The summed E-state index contributed by atoms with van der Waals surface area (Å²) in [6.45, 7) is 4.51. The highest BCUT2D eigenvalue weighted by molar-refractivity contribution is 8.00. The standard InChI is InChI=1S/C20H23N3O3S2/c1-3-9-23-16-8-7-15(26-4-2)12-17(16)28-20(23)21-18(24)13-27-14-19(25)22-10-5-6-11-22/h1,7-8,12H,4-6,9-11,13-14H2,2H3. The Morgan fingerprint density at radius 1 is 1.32 bits per heavy atom. The summed E-state index contributed by atoms with van der Waals surface area (Å²) in [5.41, 5.74) is 0.926. The van der Waals surface area contributed by atoms with E-state index in [1.807, 2.05) is 34.6 Å². The fraction of sp³-hybridized carbons (Fsp3) is 0.450. The fourth-order valence-corrected chi connectivity index (χ4v) is 4.84. The molecule has 0 saturated carbocycles. The van der Waals surface area contributed by atoms with Crippen molar-refractivity contribution < 1.29 is 14.3 Å². The van der Waals surface area contributed by atoms with Gasteiger partial charge < -0.3 is 14.2 Å². The van der Waals surface area contributed by atoms with E-state index in [0.29, 0.717) is 23.7 Å². The fourth-order valence-electron chi connectivity index (χ4n) is 3.06. The molecule has 148 valence electrons. The van der Waals surface area contributed by atoms with E-state index in [4.69, 9.17) is 11.2 Å². The highest BCUT2D eigenvalue weighted by Gasteiger charge is 2.18. The smallest absolute Gasteiger partial charge is 0.258 e. The number of carbonyl (C=O) groups is 2. The van der Waals surface area contributed by atoms with Crippen LogP contribution in [0, 0.1) is 12.3 Å². The van der Waals surface area contributed by atoms with Crippen LogP contribution < -0.4 is 9.54 Å². The minimum absolute atomic E-state index is 0.100. The van der Waals surface area contributed by atoms with Crippen LogP contribution in [0.15, 0.2) is 23.2 Å². The number of nitrogens with zero attached hydrogens (tertiary/aromatic N) is 3. The van der Waals surface area contributed by atoms with Crippen LogP contribution in [-0.4, -0.2) is 52.5 Å². The molecule has 1 aromatic heterocycles. The highest BCUT2D eigenvalue weighted by Crippen LogP contribution is 2.23. The van der Waals surface area contributed by atoms with Gasteiger partial charge in [0.25, 0.3) is 5.91 Å². The molecule has 0 unspecified atom stereocenters. The highest BCUT2D eigenvalue weighted by atomic mass is 32.2. The number of ether oxygens (including phenoxy) is 1. The molecule has 1 aliphatic heterocycles. The van der Waals surface area contributed by atoms with E-state index in [1.54, 1.807) is 0 Å². The second kappa shape index (κ2) is 9.80. The van der Waals surface area contributed by atoms with Crippen LogP contribution in [0.25, 0.3) is 10.2 Å². The number of benzene rings is 1. The number of hydrogen-bond donors (Lipinski definition) is 0.